The van der Waals surface area contributed by atoms with Crippen molar-refractivity contribution < 1.29 is 14.4 Å². The Morgan fingerprint density at radius 1 is 1.29 bits per heavy atom. The van der Waals surface area contributed by atoms with Crippen molar-refractivity contribution in [2.24, 2.45) is 17.6 Å². The van der Waals surface area contributed by atoms with Crippen LogP contribution in [0.3, 0.4) is 0 Å². The van der Waals surface area contributed by atoms with Crippen molar-refractivity contribution in [1.82, 2.24) is 15.1 Å². The summed E-state index contributed by atoms with van der Waals surface area (Å²) in [4.78, 5) is 41.2. The average molecular weight is 540 g/mol. The topological polar surface area (TPSA) is 155 Å². The lowest BCUT2D eigenvalue weighted by Gasteiger charge is -2.33. The average Bonchev–Trinajstić information content (AvgIpc) is 3.25. The molecule has 0 spiro atoms. The Hall–Kier alpha value is -3.28. The molecule has 0 aliphatic carbocycles. The number of amides is 3. The minimum Gasteiger partial charge on any atom is -0.385 e. The lowest BCUT2D eigenvalue weighted by molar-refractivity contribution is -0.132. The van der Waals surface area contributed by atoms with Gasteiger partial charge in [0, 0.05) is 25.3 Å². The number of primary amides is 1. The van der Waals surface area contributed by atoms with Crippen LogP contribution in [0.25, 0.3) is 0 Å². The molecule has 0 bridgehead atoms. The van der Waals surface area contributed by atoms with Crippen LogP contribution < -0.4 is 16.4 Å². The summed E-state index contributed by atoms with van der Waals surface area (Å²) < 4.78 is 0. The first-order chi connectivity index (χ1) is 18.3. The maximum atomic E-state index is 13.2. The molecular weight excluding hydrogens is 502 g/mol. The van der Waals surface area contributed by atoms with Crippen molar-refractivity contribution in [2.45, 2.75) is 56.2 Å². The molecule has 5 unspecified atom stereocenters. The van der Waals surface area contributed by atoms with Gasteiger partial charge >= 0.3 is 0 Å². The first-order valence-electron chi connectivity index (χ1n) is 13.2. The molecule has 4 N–H and O–H groups in total. The van der Waals surface area contributed by atoms with E-state index in [4.69, 9.17) is 11.0 Å². The predicted octanol–water partition coefficient (Wildman–Crippen LogP) is 1.69. The summed E-state index contributed by atoms with van der Waals surface area (Å²) in [7, 11) is 0. The number of likely N-dealkylation sites (tertiary alicyclic amines) is 1. The fraction of sp³-hybridized carbons (Fsp3) is 0.593. The van der Waals surface area contributed by atoms with Gasteiger partial charge in [-0.25, -0.2) is 0 Å². The Balaban J connectivity index is 1.58. The van der Waals surface area contributed by atoms with Crippen LogP contribution in [-0.2, 0) is 20.8 Å². The first-order valence-corrected chi connectivity index (χ1v) is 14.1. The van der Waals surface area contributed by atoms with Crippen LogP contribution in [0.15, 0.2) is 24.3 Å². The first kappa shape index (κ1) is 29.3. The number of carbonyl (C=O) groups excluding carboxylic acids is 3. The number of benzene rings is 1. The molecule has 1 aromatic rings. The van der Waals surface area contributed by atoms with Crippen LogP contribution in [0.1, 0.15) is 38.7 Å². The molecule has 2 saturated heterocycles. The molecular formula is C27H37N7O3S. The van der Waals surface area contributed by atoms with Crippen molar-refractivity contribution in [3.63, 3.8) is 0 Å². The third kappa shape index (κ3) is 7.18. The van der Waals surface area contributed by atoms with Gasteiger partial charge in [0.1, 0.15) is 11.9 Å². The lowest BCUT2D eigenvalue weighted by Crippen LogP contribution is -2.48. The van der Waals surface area contributed by atoms with E-state index in [-0.39, 0.29) is 35.6 Å². The Morgan fingerprint density at radius 2 is 2.08 bits per heavy atom. The van der Waals surface area contributed by atoms with Gasteiger partial charge in [-0.3, -0.25) is 19.3 Å². The normalized spacial score (nSPS) is 23.2. The molecule has 3 rings (SSSR count). The highest BCUT2D eigenvalue weighted by Crippen LogP contribution is 2.39. The molecule has 2 fully saturated rings. The van der Waals surface area contributed by atoms with Crippen LogP contribution in [0.4, 0.5) is 5.69 Å². The SMILES string of the molecule is CCN1C(=O)C(C(C)CNc2cccc(CCN3CCCCC3C(N)=O)c2)SC1C(C#N)C(=O)NCC#N. The summed E-state index contributed by atoms with van der Waals surface area (Å²) in [5.74, 6) is -1.96. The van der Waals surface area contributed by atoms with Gasteiger partial charge in [-0.05, 0) is 56.3 Å². The summed E-state index contributed by atoms with van der Waals surface area (Å²) in [5.41, 5.74) is 7.70. The van der Waals surface area contributed by atoms with E-state index < -0.39 is 17.2 Å². The number of carbonyl (C=O) groups is 3. The van der Waals surface area contributed by atoms with E-state index in [1.54, 1.807) is 4.90 Å². The van der Waals surface area contributed by atoms with Gasteiger partial charge in [0.2, 0.25) is 17.7 Å². The second-order valence-corrected chi connectivity index (χ2v) is 11.1. The lowest BCUT2D eigenvalue weighted by atomic mass is 10.0. The van der Waals surface area contributed by atoms with Crippen molar-refractivity contribution in [2.75, 3.05) is 38.0 Å². The van der Waals surface area contributed by atoms with E-state index in [0.717, 1.165) is 50.0 Å². The zero-order valence-electron chi connectivity index (χ0n) is 22.1. The van der Waals surface area contributed by atoms with Crippen LogP contribution in [0, 0.1) is 34.5 Å². The highest BCUT2D eigenvalue weighted by Gasteiger charge is 2.47. The number of hydrogen-bond donors (Lipinski definition) is 3. The number of nitrogens with one attached hydrogen (secondary N) is 2. The summed E-state index contributed by atoms with van der Waals surface area (Å²) >= 11 is 1.35. The molecule has 2 heterocycles. The molecule has 3 amide bonds. The van der Waals surface area contributed by atoms with Gasteiger partial charge in [-0.15, -0.1) is 11.8 Å². The Labute approximate surface area is 228 Å². The fourth-order valence-electron chi connectivity index (χ4n) is 5.11. The quantitative estimate of drug-likeness (QED) is 0.339. The number of nitrogens with zero attached hydrogens (tertiary/aromatic N) is 4. The van der Waals surface area contributed by atoms with Crippen molar-refractivity contribution >= 4 is 35.2 Å². The molecule has 2 aliphatic heterocycles. The molecule has 38 heavy (non-hydrogen) atoms. The molecule has 1 aromatic carbocycles. The number of piperidine rings is 1. The van der Waals surface area contributed by atoms with Gasteiger partial charge < -0.3 is 21.3 Å². The van der Waals surface area contributed by atoms with Crippen molar-refractivity contribution in [3.8, 4) is 12.1 Å². The van der Waals surface area contributed by atoms with Crippen LogP contribution in [-0.4, -0.2) is 76.9 Å². The van der Waals surface area contributed by atoms with E-state index in [9.17, 15) is 19.6 Å². The largest absolute Gasteiger partial charge is 0.385 e. The Kier molecular flexibility index (Phi) is 10.8. The molecule has 11 heteroatoms. The number of nitriles is 2. The maximum absolute atomic E-state index is 13.2. The Morgan fingerprint density at radius 3 is 2.76 bits per heavy atom. The number of rotatable bonds is 12. The van der Waals surface area contributed by atoms with E-state index in [0.29, 0.717) is 13.1 Å². The highest BCUT2D eigenvalue weighted by atomic mass is 32.2. The molecule has 204 valence electrons. The van der Waals surface area contributed by atoms with Crippen molar-refractivity contribution in [1.29, 1.82) is 10.5 Å². The van der Waals surface area contributed by atoms with E-state index in [1.807, 2.05) is 38.1 Å². The predicted molar refractivity (Wildman–Crippen MR) is 146 cm³/mol. The van der Waals surface area contributed by atoms with Gasteiger partial charge in [-0.2, -0.15) is 10.5 Å². The van der Waals surface area contributed by atoms with Gasteiger partial charge in [0.05, 0.1) is 23.4 Å². The zero-order chi connectivity index (χ0) is 27.7. The van der Waals surface area contributed by atoms with Crippen LogP contribution in [0.5, 0.6) is 0 Å². The van der Waals surface area contributed by atoms with Gasteiger partial charge in [0.15, 0.2) is 5.92 Å². The molecule has 10 nitrogen and oxygen atoms in total. The van der Waals surface area contributed by atoms with Gasteiger partial charge in [-0.1, -0.05) is 25.5 Å². The number of nitrogens with two attached hydrogens (primary N) is 1. The summed E-state index contributed by atoms with van der Waals surface area (Å²) in [5, 5.41) is 23.3. The smallest absolute Gasteiger partial charge is 0.241 e. The summed E-state index contributed by atoms with van der Waals surface area (Å²) in [6.45, 7) is 6.24. The molecule has 0 radical (unpaired) electrons. The minimum absolute atomic E-state index is 0.0543. The maximum Gasteiger partial charge on any atom is 0.241 e. The molecule has 0 aromatic heterocycles. The van der Waals surface area contributed by atoms with E-state index >= 15 is 0 Å². The zero-order valence-corrected chi connectivity index (χ0v) is 22.9. The van der Waals surface area contributed by atoms with E-state index in [2.05, 4.69) is 27.7 Å². The number of thioether (sulfide) groups is 1. The third-order valence-electron chi connectivity index (χ3n) is 7.21. The van der Waals surface area contributed by atoms with Crippen LogP contribution in [0.2, 0.25) is 0 Å². The summed E-state index contributed by atoms with van der Waals surface area (Å²) in [6, 6.07) is 11.8. The van der Waals surface area contributed by atoms with Gasteiger partial charge in [0.25, 0.3) is 0 Å². The molecule has 0 saturated carbocycles. The van der Waals surface area contributed by atoms with E-state index in [1.165, 1.54) is 11.8 Å². The second kappa shape index (κ2) is 14.0. The monoisotopic (exact) mass is 539 g/mol. The summed E-state index contributed by atoms with van der Waals surface area (Å²) in [6.07, 6.45) is 3.74. The van der Waals surface area contributed by atoms with Crippen LogP contribution >= 0.6 is 11.8 Å². The highest BCUT2D eigenvalue weighted by molar-refractivity contribution is 8.01. The number of anilines is 1. The molecule has 5 atom stereocenters. The molecule has 2 aliphatic rings. The minimum atomic E-state index is -1.05. The standard InChI is InChI=1S/C27H37N7O3S/c1-3-34-26(37)23(38-27(34)21(16-29)25(36)31-12-11-28)18(2)17-32-20-8-6-7-19(15-20)10-14-33-13-5-4-9-22(33)24(30)35/h6-8,15,18,21-23,27,32H,3-5,9-10,12-14,17H2,1-2H3,(H2,30,35)(H,31,36). The number of hydrogen-bond acceptors (Lipinski definition) is 8. The second-order valence-electron chi connectivity index (χ2n) is 9.81. The van der Waals surface area contributed by atoms with Crippen molar-refractivity contribution in [3.05, 3.63) is 29.8 Å². The Bertz CT molecular complexity index is 1090. The third-order valence-corrected chi connectivity index (χ3v) is 8.98. The fourth-order valence-corrected chi connectivity index (χ4v) is 6.77.